The highest BCUT2D eigenvalue weighted by Gasteiger charge is 2.08. The van der Waals surface area contributed by atoms with Crippen molar-refractivity contribution >= 4 is 0 Å². The summed E-state index contributed by atoms with van der Waals surface area (Å²) >= 11 is 0. The van der Waals surface area contributed by atoms with E-state index in [0.717, 1.165) is 23.5 Å². The SMILES string of the molecule is Cc1nc(Cc2ccccc2)ncc1[C@@H](C)O. The zero-order chi connectivity index (χ0) is 12.3. The molecule has 2 aromatic rings. The van der Waals surface area contributed by atoms with Gasteiger partial charge in [0.25, 0.3) is 0 Å². The van der Waals surface area contributed by atoms with Crippen LogP contribution in [0.5, 0.6) is 0 Å². The fourth-order valence-corrected chi connectivity index (χ4v) is 1.80. The molecule has 0 aliphatic carbocycles. The molecule has 1 N–H and O–H groups in total. The Morgan fingerprint density at radius 2 is 1.94 bits per heavy atom. The van der Waals surface area contributed by atoms with Crippen molar-refractivity contribution in [1.82, 2.24) is 9.97 Å². The molecule has 0 unspecified atom stereocenters. The molecule has 0 saturated carbocycles. The van der Waals surface area contributed by atoms with E-state index in [0.29, 0.717) is 0 Å². The van der Waals surface area contributed by atoms with Crippen LogP contribution in [0.15, 0.2) is 36.5 Å². The summed E-state index contributed by atoms with van der Waals surface area (Å²) in [6.45, 7) is 3.63. The minimum atomic E-state index is -0.513. The third kappa shape index (κ3) is 2.88. The molecule has 0 bridgehead atoms. The largest absolute Gasteiger partial charge is 0.389 e. The number of aryl methyl sites for hydroxylation is 1. The molecule has 1 atom stereocenters. The third-order valence-corrected chi connectivity index (χ3v) is 2.72. The van der Waals surface area contributed by atoms with E-state index in [1.54, 1.807) is 13.1 Å². The quantitative estimate of drug-likeness (QED) is 0.877. The van der Waals surface area contributed by atoms with Gasteiger partial charge in [0.1, 0.15) is 5.82 Å². The average Bonchev–Trinajstić information content (AvgIpc) is 2.30. The first-order chi connectivity index (χ1) is 8.16. The van der Waals surface area contributed by atoms with Crippen molar-refractivity contribution in [2.75, 3.05) is 0 Å². The molecule has 0 saturated heterocycles. The summed E-state index contributed by atoms with van der Waals surface area (Å²) in [7, 11) is 0. The van der Waals surface area contributed by atoms with Crippen LogP contribution in [0.1, 0.15) is 35.7 Å². The molecule has 0 aliphatic rings. The van der Waals surface area contributed by atoms with E-state index in [4.69, 9.17) is 0 Å². The smallest absolute Gasteiger partial charge is 0.132 e. The Hall–Kier alpha value is -1.74. The lowest BCUT2D eigenvalue weighted by Gasteiger charge is -2.08. The number of hydrogen-bond donors (Lipinski definition) is 1. The summed E-state index contributed by atoms with van der Waals surface area (Å²) in [5, 5.41) is 9.51. The van der Waals surface area contributed by atoms with Gasteiger partial charge < -0.3 is 5.11 Å². The van der Waals surface area contributed by atoms with Crippen LogP contribution in [-0.4, -0.2) is 15.1 Å². The van der Waals surface area contributed by atoms with Gasteiger partial charge in [-0.25, -0.2) is 9.97 Å². The lowest BCUT2D eigenvalue weighted by Crippen LogP contribution is -2.04. The van der Waals surface area contributed by atoms with Crippen LogP contribution in [0.2, 0.25) is 0 Å². The summed E-state index contributed by atoms with van der Waals surface area (Å²) < 4.78 is 0. The predicted molar refractivity (Wildman–Crippen MR) is 66.7 cm³/mol. The van der Waals surface area contributed by atoms with Crippen molar-refractivity contribution in [2.24, 2.45) is 0 Å². The van der Waals surface area contributed by atoms with E-state index < -0.39 is 6.10 Å². The third-order valence-electron chi connectivity index (χ3n) is 2.72. The van der Waals surface area contributed by atoms with Gasteiger partial charge in [-0.2, -0.15) is 0 Å². The van der Waals surface area contributed by atoms with E-state index in [1.165, 1.54) is 5.56 Å². The maximum atomic E-state index is 9.51. The molecule has 2 rings (SSSR count). The van der Waals surface area contributed by atoms with Crippen LogP contribution in [0.3, 0.4) is 0 Å². The van der Waals surface area contributed by atoms with Gasteiger partial charge in [-0.1, -0.05) is 30.3 Å². The Morgan fingerprint density at radius 1 is 1.24 bits per heavy atom. The molecule has 0 spiro atoms. The molecule has 0 aliphatic heterocycles. The first-order valence-electron chi connectivity index (χ1n) is 5.71. The normalized spacial score (nSPS) is 12.4. The molecule has 0 fully saturated rings. The van der Waals surface area contributed by atoms with Crippen molar-refractivity contribution in [3.05, 3.63) is 59.2 Å². The number of aromatic nitrogens is 2. The van der Waals surface area contributed by atoms with E-state index in [9.17, 15) is 5.11 Å². The van der Waals surface area contributed by atoms with Gasteiger partial charge in [-0.05, 0) is 19.4 Å². The number of benzene rings is 1. The van der Waals surface area contributed by atoms with E-state index in [-0.39, 0.29) is 0 Å². The van der Waals surface area contributed by atoms with Crippen LogP contribution in [-0.2, 0) is 6.42 Å². The second-order valence-corrected chi connectivity index (χ2v) is 4.17. The maximum absolute atomic E-state index is 9.51. The summed E-state index contributed by atoms with van der Waals surface area (Å²) in [6.07, 6.45) is 1.92. The number of rotatable bonds is 3. The Labute approximate surface area is 101 Å². The monoisotopic (exact) mass is 228 g/mol. The van der Waals surface area contributed by atoms with Crippen molar-refractivity contribution < 1.29 is 5.11 Å². The second-order valence-electron chi connectivity index (χ2n) is 4.17. The Morgan fingerprint density at radius 3 is 2.53 bits per heavy atom. The fourth-order valence-electron chi connectivity index (χ4n) is 1.80. The van der Waals surface area contributed by atoms with Crippen molar-refractivity contribution in [3.8, 4) is 0 Å². The van der Waals surface area contributed by atoms with Gasteiger partial charge in [0.2, 0.25) is 0 Å². The number of nitrogens with zero attached hydrogens (tertiary/aromatic N) is 2. The van der Waals surface area contributed by atoms with Crippen LogP contribution < -0.4 is 0 Å². The predicted octanol–water partition coefficient (Wildman–Crippen LogP) is 2.43. The highest BCUT2D eigenvalue weighted by atomic mass is 16.3. The van der Waals surface area contributed by atoms with Crippen molar-refractivity contribution in [1.29, 1.82) is 0 Å². The molecular formula is C14H16N2O. The van der Waals surface area contributed by atoms with Crippen LogP contribution in [0.4, 0.5) is 0 Å². The molecule has 1 aromatic carbocycles. The highest BCUT2D eigenvalue weighted by molar-refractivity contribution is 5.22. The number of aliphatic hydroxyl groups is 1. The van der Waals surface area contributed by atoms with E-state index in [2.05, 4.69) is 22.1 Å². The van der Waals surface area contributed by atoms with Crippen molar-refractivity contribution in [2.45, 2.75) is 26.4 Å². The van der Waals surface area contributed by atoms with Crippen LogP contribution in [0.25, 0.3) is 0 Å². The van der Waals surface area contributed by atoms with Crippen LogP contribution in [0, 0.1) is 6.92 Å². The van der Waals surface area contributed by atoms with Gasteiger partial charge in [0.15, 0.2) is 0 Å². The first kappa shape index (κ1) is 11.7. The summed E-state index contributed by atoms with van der Waals surface area (Å²) in [5.41, 5.74) is 2.83. The minimum absolute atomic E-state index is 0.513. The van der Waals surface area contributed by atoms with Gasteiger partial charge in [-0.3, -0.25) is 0 Å². The number of hydrogen-bond acceptors (Lipinski definition) is 3. The van der Waals surface area contributed by atoms with Crippen LogP contribution >= 0.6 is 0 Å². The van der Waals surface area contributed by atoms with E-state index in [1.807, 2.05) is 25.1 Å². The lowest BCUT2D eigenvalue weighted by molar-refractivity contribution is 0.197. The first-order valence-corrected chi connectivity index (χ1v) is 5.71. The Balaban J connectivity index is 2.21. The van der Waals surface area contributed by atoms with Gasteiger partial charge in [-0.15, -0.1) is 0 Å². The molecule has 17 heavy (non-hydrogen) atoms. The Kier molecular flexibility index (Phi) is 3.49. The van der Waals surface area contributed by atoms with Gasteiger partial charge in [0, 0.05) is 23.9 Å². The molecule has 0 amide bonds. The molecule has 1 heterocycles. The van der Waals surface area contributed by atoms with Crippen molar-refractivity contribution in [3.63, 3.8) is 0 Å². The Bertz CT molecular complexity index is 495. The lowest BCUT2D eigenvalue weighted by atomic mass is 10.1. The summed E-state index contributed by atoms with van der Waals surface area (Å²) in [5.74, 6) is 0.790. The molecular weight excluding hydrogens is 212 g/mol. The molecule has 3 heteroatoms. The molecule has 1 aromatic heterocycles. The average molecular weight is 228 g/mol. The molecule has 88 valence electrons. The van der Waals surface area contributed by atoms with E-state index >= 15 is 0 Å². The fraction of sp³-hybridized carbons (Fsp3) is 0.286. The minimum Gasteiger partial charge on any atom is -0.389 e. The zero-order valence-electron chi connectivity index (χ0n) is 10.1. The maximum Gasteiger partial charge on any atom is 0.132 e. The second kappa shape index (κ2) is 5.06. The summed E-state index contributed by atoms with van der Waals surface area (Å²) in [6, 6.07) is 10.1. The summed E-state index contributed by atoms with van der Waals surface area (Å²) in [4.78, 5) is 8.70. The number of aliphatic hydroxyl groups excluding tert-OH is 1. The highest BCUT2D eigenvalue weighted by Crippen LogP contribution is 2.15. The zero-order valence-corrected chi connectivity index (χ0v) is 10.1. The standard InChI is InChI=1S/C14H16N2O/c1-10-13(11(2)17)9-15-14(16-10)8-12-6-4-3-5-7-12/h3-7,9,11,17H,8H2,1-2H3/t11-/m1/s1. The van der Waals surface area contributed by atoms with Gasteiger partial charge in [0.05, 0.1) is 6.10 Å². The topological polar surface area (TPSA) is 46.0 Å². The van der Waals surface area contributed by atoms with Gasteiger partial charge >= 0.3 is 0 Å². The molecule has 0 radical (unpaired) electrons. The molecule has 3 nitrogen and oxygen atoms in total.